The summed E-state index contributed by atoms with van der Waals surface area (Å²) in [7, 11) is 0. The first-order valence-corrected chi connectivity index (χ1v) is 14.6. The molecule has 1 saturated carbocycles. The van der Waals surface area contributed by atoms with E-state index in [1.807, 2.05) is 56.3 Å². The molecule has 5 atom stereocenters. The summed E-state index contributed by atoms with van der Waals surface area (Å²) in [6.45, 7) is 3.66. The molecule has 0 unspecified atom stereocenters. The zero-order chi connectivity index (χ0) is 29.3. The van der Waals surface area contributed by atoms with Gasteiger partial charge in [0.25, 0.3) is 0 Å². The number of aliphatic hydroxyl groups excluding tert-OH is 2. The van der Waals surface area contributed by atoms with Crippen molar-refractivity contribution >= 4 is 11.9 Å². The third kappa shape index (κ3) is 12.0. The molecule has 0 aliphatic heterocycles. The van der Waals surface area contributed by atoms with Crippen LogP contribution in [0.2, 0.25) is 0 Å². The molecule has 0 heterocycles. The third-order valence-corrected chi connectivity index (χ3v) is 7.46. The van der Waals surface area contributed by atoms with Gasteiger partial charge in [0.05, 0.1) is 24.2 Å². The average Bonchev–Trinajstić information content (AvgIpc) is 3.21. The molecule has 1 fully saturated rings. The molecule has 218 valence electrons. The van der Waals surface area contributed by atoms with Crippen LogP contribution in [0.15, 0.2) is 42.5 Å². The Labute approximate surface area is 240 Å². The van der Waals surface area contributed by atoms with Gasteiger partial charge in [-0.15, -0.1) is 24.7 Å². The third-order valence-electron chi connectivity index (χ3n) is 7.46. The Balaban J connectivity index is 1.99. The summed E-state index contributed by atoms with van der Waals surface area (Å²) in [6, 6.07) is 10.1. The molecule has 0 spiro atoms. The Morgan fingerprint density at radius 2 is 1.77 bits per heavy atom. The molecule has 0 radical (unpaired) electrons. The van der Waals surface area contributed by atoms with Crippen LogP contribution >= 0.6 is 0 Å². The average molecular weight is 551 g/mol. The normalized spacial score (nSPS) is 21.3. The number of aliphatic hydroxyl groups is 2. The van der Waals surface area contributed by atoms with E-state index in [4.69, 9.17) is 22.3 Å². The van der Waals surface area contributed by atoms with Crippen LogP contribution in [0.25, 0.3) is 0 Å². The van der Waals surface area contributed by atoms with Crippen LogP contribution in [-0.2, 0) is 25.5 Å². The van der Waals surface area contributed by atoms with Crippen molar-refractivity contribution in [2.75, 3.05) is 0 Å². The number of terminal acetylenes is 2. The van der Waals surface area contributed by atoms with Crippen molar-refractivity contribution in [3.63, 3.8) is 0 Å². The molecule has 1 aromatic carbocycles. The Bertz CT molecular complexity index is 985. The molecule has 2 rings (SSSR count). The van der Waals surface area contributed by atoms with Crippen molar-refractivity contribution in [3.8, 4) is 24.7 Å². The Morgan fingerprint density at radius 1 is 1.07 bits per heavy atom. The van der Waals surface area contributed by atoms with Crippen molar-refractivity contribution in [2.24, 2.45) is 17.8 Å². The van der Waals surface area contributed by atoms with Gasteiger partial charge in [-0.05, 0) is 70.3 Å². The highest BCUT2D eigenvalue weighted by Gasteiger charge is 2.44. The Kier molecular flexibility index (Phi) is 15.2. The van der Waals surface area contributed by atoms with Crippen LogP contribution in [0.1, 0.15) is 83.6 Å². The molecule has 0 saturated heterocycles. The molecule has 2 N–H and O–H groups in total. The van der Waals surface area contributed by atoms with E-state index in [0.29, 0.717) is 44.9 Å². The fourth-order valence-corrected chi connectivity index (χ4v) is 5.35. The molecule has 1 aliphatic rings. The predicted molar refractivity (Wildman–Crippen MR) is 157 cm³/mol. The smallest absolute Gasteiger partial charge is 0.311 e. The van der Waals surface area contributed by atoms with E-state index in [-0.39, 0.29) is 36.8 Å². The lowest BCUT2D eigenvalue weighted by Gasteiger charge is -2.26. The lowest BCUT2D eigenvalue weighted by molar-refractivity contribution is -0.156. The van der Waals surface area contributed by atoms with Gasteiger partial charge in [-0.2, -0.15) is 0 Å². The lowest BCUT2D eigenvalue weighted by atomic mass is 9.85. The van der Waals surface area contributed by atoms with E-state index in [1.165, 1.54) is 5.56 Å². The van der Waals surface area contributed by atoms with Crippen LogP contribution in [0, 0.1) is 42.4 Å². The number of ether oxygens (including phenoxy) is 2. The van der Waals surface area contributed by atoms with Gasteiger partial charge in [0.2, 0.25) is 0 Å². The number of hydrogen-bond acceptors (Lipinski definition) is 6. The van der Waals surface area contributed by atoms with Gasteiger partial charge in [0.1, 0.15) is 6.10 Å². The number of carbonyl (C=O) groups is 2. The highest BCUT2D eigenvalue weighted by atomic mass is 16.5. The summed E-state index contributed by atoms with van der Waals surface area (Å²) in [5.74, 6) is 3.60. The maximum atomic E-state index is 12.9. The topological polar surface area (TPSA) is 93.1 Å². The SMILES string of the molecule is C#CCC(CC#C)C(=O)O[C@@H]1C[C@H](O)[C@H](C/C=C\CCCC(=O)OC(C)C)[C@H]1CC[C@@H](O)CCc1ccccc1. The van der Waals surface area contributed by atoms with Crippen molar-refractivity contribution < 1.29 is 29.3 Å². The summed E-state index contributed by atoms with van der Waals surface area (Å²) in [5, 5.41) is 21.7. The predicted octanol–water partition coefficient (Wildman–Crippen LogP) is 5.40. The standard InChI is InChI=1S/C34H46O6/c1-5-14-27(15-6-2)34(38)40-32-24-31(36)29(18-12-7-8-13-19-33(37)39-25(3)4)30(32)23-22-28(35)21-20-26-16-10-9-11-17-26/h1-2,7,9-12,16-17,25,27-32,35-36H,8,13-15,18-24H2,3-4H3/b12-7-/t28-,29+,30+,31-,32+/m0/s1. The van der Waals surface area contributed by atoms with Crippen LogP contribution in [-0.4, -0.2) is 46.6 Å². The van der Waals surface area contributed by atoms with Crippen molar-refractivity contribution in [2.45, 2.75) is 109 Å². The molecular formula is C34H46O6. The van der Waals surface area contributed by atoms with E-state index in [2.05, 4.69) is 11.8 Å². The first-order valence-electron chi connectivity index (χ1n) is 14.6. The molecule has 6 heteroatoms. The van der Waals surface area contributed by atoms with E-state index >= 15 is 0 Å². The number of aryl methyl sites for hydroxylation is 1. The van der Waals surface area contributed by atoms with Gasteiger partial charge in [-0.3, -0.25) is 9.59 Å². The monoisotopic (exact) mass is 550 g/mol. The van der Waals surface area contributed by atoms with Gasteiger partial charge in [0, 0.05) is 31.6 Å². The number of esters is 2. The first-order chi connectivity index (χ1) is 19.2. The highest BCUT2D eigenvalue weighted by molar-refractivity contribution is 5.73. The number of benzene rings is 1. The second-order valence-electron chi connectivity index (χ2n) is 11.0. The van der Waals surface area contributed by atoms with E-state index < -0.39 is 30.2 Å². The molecule has 0 bridgehead atoms. The molecule has 0 amide bonds. The molecule has 40 heavy (non-hydrogen) atoms. The first kappa shape index (κ1) is 33.1. The largest absolute Gasteiger partial charge is 0.463 e. The summed E-state index contributed by atoms with van der Waals surface area (Å²) in [5.41, 5.74) is 1.18. The molecule has 0 aromatic heterocycles. The van der Waals surface area contributed by atoms with Gasteiger partial charge in [-0.1, -0.05) is 42.5 Å². The molecule has 1 aromatic rings. The minimum Gasteiger partial charge on any atom is -0.463 e. The van der Waals surface area contributed by atoms with Crippen molar-refractivity contribution in [1.82, 2.24) is 0 Å². The molecule has 1 aliphatic carbocycles. The number of hydrogen-bond donors (Lipinski definition) is 2. The van der Waals surface area contributed by atoms with Crippen LogP contribution < -0.4 is 0 Å². The number of carbonyl (C=O) groups excluding carboxylic acids is 2. The highest BCUT2D eigenvalue weighted by Crippen LogP contribution is 2.41. The Morgan fingerprint density at radius 3 is 2.42 bits per heavy atom. The van der Waals surface area contributed by atoms with E-state index in [9.17, 15) is 19.8 Å². The second-order valence-corrected chi connectivity index (χ2v) is 11.0. The fraction of sp³-hybridized carbons (Fsp3) is 0.588. The molecule has 6 nitrogen and oxygen atoms in total. The van der Waals surface area contributed by atoms with Crippen molar-refractivity contribution in [3.05, 3.63) is 48.0 Å². The summed E-state index contributed by atoms with van der Waals surface area (Å²) in [6.07, 6.45) is 19.0. The van der Waals surface area contributed by atoms with Gasteiger partial charge in [-0.25, -0.2) is 0 Å². The zero-order valence-corrected chi connectivity index (χ0v) is 24.0. The summed E-state index contributed by atoms with van der Waals surface area (Å²) >= 11 is 0. The van der Waals surface area contributed by atoms with Crippen molar-refractivity contribution in [1.29, 1.82) is 0 Å². The maximum Gasteiger partial charge on any atom is 0.311 e. The number of allylic oxidation sites excluding steroid dienone is 2. The van der Waals surface area contributed by atoms with E-state index in [0.717, 1.165) is 12.8 Å². The van der Waals surface area contributed by atoms with E-state index in [1.54, 1.807) is 0 Å². The second kappa shape index (κ2) is 18.3. The quantitative estimate of drug-likeness (QED) is 0.117. The molecular weight excluding hydrogens is 504 g/mol. The zero-order valence-electron chi connectivity index (χ0n) is 24.0. The summed E-state index contributed by atoms with van der Waals surface area (Å²) < 4.78 is 11.1. The van der Waals surface area contributed by atoms with Gasteiger partial charge >= 0.3 is 11.9 Å². The number of rotatable bonds is 17. The van der Waals surface area contributed by atoms with Crippen LogP contribution in [0.5, 0.6) is 0 Å². The maximum absolute atomic E-state index is 12.9. The van der Waals surface area contributed by atoms with Gasteiger partial charge < -0.3 is 19.7 Å². The summed E-state index contributed by atoms with van der Waals surface area (Å²) in [4.78, 5) is 24.6. The fourth-order valence-electron chi connectivity index (χ4n) is 5.35. The minimum absolute atomic E-state index is 0.103. The van der Waals surface area contributed by atoms with Crippen LogP contribution in [0.3, 0.4) is 0 Å². The number of unbranched alkanes of at least 4 members (excludes halogenated alkanes) is 1. The lowest BCUT2D eigenvalue weighted by Crippen LogP contribution is -2.29. The minimum atomic E-state index is -0.631. The van der Waals surface area contributed by atoms with Gasteiger partial charge in [0.15, 0.2) is 0 Å². The van der Waals surface area contributed by atoms with Crippen LogP contribution in [0.4, 0.5) is 0 Å². The Hall–Kier alpha value is -3.06.